The van der Waals surface area contributed by atoms with Crippen molar-refractivity contribution < 1.29 is 14.3 Å². The van der Waals surface area contributed by atoms with Crippen LogP contribution < -0.4 is 10.3 Å². The molecule has 0 aliphatic rings. The monoisotopic (exact) mass is 371 g/mol. The molecule has 110 valence electrons. The van der Waals surface area contributed by atoms with Gasteiger partial charge in [-0.2, -0.15) is 0 Å². The number of halogens is 2. The maximum atomic E-state index is 11.7. The first-order valence-electron chi connectivity index (χ1n) is 6.00. The highest BCUT2D eigenvalue weighted by molar-refractivity contribution is 9.10. The Morgan fingerprint density at radius 1 is 1.29 bits per heavy atom. The molecule has 0 fully saturated rings. The number of rotatable bonds is 5. The Bertz CT molecular complexity index is 701. The van der Waals surface area contributed by atoms with E-state index < -0.39 is 5.97 Å². The van der Waals surface area contributed by atoms with E-state index in [1.54, 1.807) is 24.3 Å². The molecule has 0 aliphatic carbocycles. The molecule has 5 nitrogen and oxygen atoms in total. The highest BCUT2D eigenvalue weighted by Crippen LogP contribution is 2.22. The summed E-state index contributed by atoms with van der Waals surface area (Å²) in [6.45, 7) is 0.251. The third-order valence-corrected chi connectivity index (χ3v) is 3.41. The number of pyridine rings is 1. The number of esters is 1. The van der Waals surface area contributed by atoms with E-state index in [0.717, 1.165) is 0 Å². The lowest BCUT2D eigenvalue weighted by molar-refractivity contribution is 0.0450. The maximum absolute atomic E-state index is 11.7. The molecule has 2 aromatic rings. The van der Waals surface area contributed by atoms with Gasteiger partial charge >= 0.3 is 5.97 Å². The first-order chi connectivity index (χ1) is 10.1. The summed E-state index contributed by atoms with van der Waals surface area (Å²) < 4.78 is 10.7. The highest BCUT2D eigenvalue weighted by atomic mass is 79.9. The fourth-order valence-electron chi connectivity index (χ4n) is 1.50. The first kappa shape index (κ1) is 15.6. The zero-order valence-electron chi connectivity index (χ0n) is 10.8. The van der Waals surface area contributed by atoms with Crippen molar-refractivity contribution in [2.45, 2.75) is 0 Å². The summed E-state index contributed by atoms with van der Waals surface area (Å²) in [5, 5.41) is 0.494. The number of aromatic amines is 1. The van der Waals surface area contributed by atoms with Gasteiger partial charge in [-0.05, 0) is 34.1 Å². The van der Waals surface area contributed by atoms with Crippen LogP contribution in [0, 0.1) is 0 Å². The lowest BCUT2D eigenvalue weighted by Crippen LogP contribution is -2.15. The van der Waals surface area contributed by atoms with Gasteiger partial charge in [-0.15, -0.1) is 0 Å². The molecule has 0 unspecified atom stereocenters. The van der Waals surface area contributed by atoms with Crippen molar-refractivity contribution in [3.8, 4) is 5.75 Å². The molecule has 0 radical (unpaired) electrons. The molecule has 21 heavy (non-hydrogen) atoms. The predicted octanol–water partition coefficient (Wildman–Crippen LogP) is 3.03. The maximum Gasteiger partial charge on any atom is 0.339 e. The molecule has 0 amide bonds. The van der Waals surface area contributed by atoms with E-state index in [9.17, 15) is 9.59 Å². The van der Waals surface area contributed by atoms with E-state index in [0.29, 0.717) is 10.8 Å². The van der Waals surface area contributed by atoms with Gasteiger partial charge in [0.1, 0.15) is 19.0 Å². The minimum absolute atomic E-state index is 0.0702. The van der Waals surface area contributed by atoms with Crippen molar-refractivity contribution in [1.29, 1.82) is 0 Å². The molecular formula is C14H11BrClNO4. The molecule has 2 rings (SSSR count). The largest absolute Gasteiger partial charge is 0.488 e. The van der Waals surface area contributed by atoms with Gasteiger partial charge in [0.05, 0.1) is 15.1 Å². The van der Waals surface area contributed by atoms with E-state index in [1.807, 2.05) is 0 Å². The van der Waals surface area contributed by atoms with E-state index >= 15 is 0 Å². The quantitative estimate of drug-likeness (QED) is 0.647. The standard InChI is InChI=1S/C14H11BrClNO4/c15-10-7-9(8-17-13(10)18)14(19)21-6-5-20-12-4-2-1-3-11(12)16/h1-4,7-8H,5-6H2,(H,17,18). The molecule has 0 atom stereocenters. The van der Waals surface area contributed by atoms with Gasteiger partial charge < -0.3 is 14.5 Å². The van der Waals surface area contributed by atoms with Gasteiger partial charge in [0.25, 0.3) is 5.56 Å². The number of carbonyl (C=O) groups is 1. The molecule has 1 aromatic carbocycles. The summed E-state index contributed by atoms with van der Waals surface area (Å²) >= 11 is 8.97. The van der Waals surface area contributed by atoms with Gasteiger partial charge in [-0.25, -0.2) is 4.79 Å². The molecule has 0 bridgehead atoms. The minimum atomic E-state index is -0.547. The van der Waals surface area contributed by atoms with E-state index in [2.05, 4.69) is 20.9 Å². The van der Waals surface area contributed by atoms with Crippen LogP contribution in [-0.2, 0) is 4.74 Å². The number of hydrogen-bond acceptors (Lipinski definition) is 4. The lowest BCUT2D eigenvalue weighted by Gasteiger charge is -2.08. The van der Waals surface area contributed by atoms with E-state index in [4.69, 9.17) is 21.1 Å². The smallest absolute Gasteiger partial charge is 0.339 e. The number of benzene rings is 1. The third-order valence-electron chi connectivity index (χ3n) is 2.50. The van der Waals surface area contributed by atoms with Crippen molar-refractivity contribution in [2.75, 3.05) is 13.2 Å². The SMILES string of the molecule is O=C(OCCOc1ccccc1Cl)c1c[nH]c(=O)c(Br)c1. The summed E-state index contributed by atoms with van der Waals surface area (Å²) in [5.41, 5.74) is -0.0622. The zero-order valence-corrected chi connectivity index (χ0v) is 13.1. The topological polar surface area (TPSA) is 68.4 Å². The Balaban J connectivity index is 1.83. The fraction of sp³-hybridized carbons (Fsp3) is 0.143. The number of ether oxygens (including phenoxy) is 2. The normalized spacial score (nSPS) is 10.2. The highest BCUT2D eigenvalue weighted by Gasteiger charge is 2.09. The molecule has 1 heterocycles. The second-order valence-corrected chi connectivity index (χ2v) is 5.24. The Kier molecular flexibility index (Phi) is 5.41. The number of H-pyrrole nitrogens is 1. The molecule has 0 saturated carbocycles. The van der Waals surface area contributed by atoms with E-state index in [-0.39, 0.29) is 28.8 Å². The number of carbonyl (C=O) groups excluding carboxylic acids is 1. The number of aromatic nitrogens is 1. The average molecular weight is 373 g/mol. The van der Waals surface area contributed by atoms with Crippen LogP contribution in [0.2, 0.25) is 5.02 Å². The Labute approximate surface area is 134 Å². The van der Waals surface area contributed by atoms with Gasteiger partial charge in [-0.3, -0.25) is 4.79 Å². The summed E-state index contributed by atoms with van der Waals surface area (Å²) in [5.74, 6) is -0.0169. The van der Waals surface area contributed by atoms with Crippen LogP contribution in [-0.4, -0.2) is 24.2 Å². The zero-order chi connectivity index (χ0) is 15.2. The molecule has 0 spiro atoms. The van der Waals surface area contributed by atoms with Crippen LogP contribution in [0.25, 0.3) is 0 Å². The molecule has 1 aromatic heterocycles. The van der Waals surface area contributed by atoms with Gasteiger partial charge in [0.15, 0.2) is 0 Å². The van der Waals surface area contributed by atoms with Crippen molar-refractivity contribution >= 4 is 33.5 Å². The minimum Gasteiger partial charge on any atom is -0.488 e. The summed E-state index contributed by atoms with van der Waals surface area (Å²) in [6, 6.07) is 8.42. The van der Waals surface area contributed by atoms with Crippen LogP contribution >= 0.6 is 27.5 Å². The van der Waals surface area contributed by atoms with Gasteiger partial charge in [-0.1, -0.05) is 23.7 Å². The molecule has 0 aliphatic heterocycles. The predicted molar refractivity (Wildman–Crippen MR) is 82.0 cm³/mol. The second-order valence-electron chi connectivity index (χ2n) is 3.98. The van der Waals surface area contributed by atoms with Crippen molar-refractivity contribution in [3.63, 3.8) is 0 Å². The molecule has 7 heteroatoms. The van der Waals surface area contributed by atoms with Crippen molar-refractivity contribution in [3.05, 3.63) is 61.9 Å². The fourth-order valence-corrected chi connectivity index (χ4v) is 2.06. The second kappa shape index (κ2) is 7.28. The Morgan fingerprint density at radius 2 is 2.05 bits per heavy atom. The summed E-state index contributed by atoms with van der Waals surface area (Å²) in [4.78, 5) is 25.3. The Hall–Kier alpha value is -1.79. The first-order valence-corrected chi connectivity index (χ1v) is 7.17. The third kappa shape index (κ3) is 4.34. The van der Waals surface area contributed by atoms with Crippen LogP contribution in [0.15, 0.2) is 45.8 Å². The van der Waals surface area contributed by atoms with Crippen LogP contribution in [0.4, 0.5) is 0 Å². The molecule has 1 N–H and O–H groups in total. The number of nitrogens with one attached hydrogen (secondary N) is 1. The van der Waals surface area contributed by atoms with Crippen molar-refractivity contribution in [1.82, 2.24) is 4.98 Å². The van der Waals surface area contributed by atoms with Crippen molar-refractivity contribution in [2.24, 2.45) is 0 Å². The van der Waals surface area contributed by atoms with Gasteiger partial charge in [0.2, 0.25) is 0 Å². The summed E-state index contributed by atoms with van der Waals surface area (Å²) in [6.07, 6.45) is 1.30. The van der Waals surface area contributed by atoms with Crippen LogP contribution in [0.5, 0.6) is 5.75 Å². The van der Waals surface area contributed by atoms with Gasteiger partial charge in [0, 0.05) is 6.20 Å². The summed E-state index contributed by atoms with van der Waals surface area (Å²) in [7, 11) is 0. The molecular weight excluding hydrogens is 362 g/mol. The average Bonchev–Trinajstić information content (AvgIpc) is 2.48. The molecule has 0 saturated heterocycles. The lowest BCUT2D eigenvalue weighted by atomic mass is 10.3. The Morgan fingerprint density at radius 3 is 2.76 bits per heavy atom. The van der Waals surface area contributed by atoms with Crippen LogP contribution in [0.1, 0.15) is 10.4 Å². The number of para-hydroxylation sites is 1. The van der Waals surface area contributed by atoms with Crippen LogP contribution in [0.3, 0.4) is 0 Å². The number of hydrogen-bond donors (Lipinski definition) is 1. The van der Waals surface area contributed by atoms with E-state index in [1.165, 1.54) is 12.3 Å².